The lowest BCUT2D eigenvalue weighted by atomic mass is 9.86. The molecule has 1 heterocycles. The van der Waals surface area contributed by atoms with Gasteiger partial charge in [0.25, 0.3) is 0 Å². The number of fused-ring (bicyclic) bond motifs is 2. The van der Waals surface area contributed by atoms with Crippen LogP contribution in [0.25, 0.3) is 0 Å². The van der Waals surface area contributed by atoms with Crippen LogP contribution in [0.4, 0.5) is 0 Å². The molecule has 3 unspecified atom stereocenters. The van der Waals surface area contributed by atoms with Crippen molar-refractivity contribution in [1.29, 1.82) is 0 Å². The van der Waals surface area contributed by atoms with Gasteiger partial charge < -0.3 is 5.32 Å². The van der Waals surface area contributed by atoms with E-state index in [1.807, 2.05) is 11.4 Å². The quantitative estimate of drug-likeness (QED) is 0.891. The first kappa shape index (κ1) is 12.7. The molecule has 2 bridgehead atoms. The van der Waals surface area contributed by atoms with Gasteiger partial charge in [-0.05, 0) is 64.4 Å². The second kappa shape index (κ2) is 5.33. The van der Waals surface area contributed by atoms with Gasteiger partial charge in [0.2, 0.25) is 5.91 Å². The predicted octanol–water partition coefficient (Wildman–Crippen LogP) is 3.95. The first-order valence-corrected chi connectivity index (χ1v) is 8.38. The van der Waals surface area contributed by atoms with Crippen LogP contribution >= 0.6 is 27.3 Å². The third kappa shape index (κ3) is 2.64. The Labute approximate surface area is 120 Å². The smallest absolute Gasteiger partial charge is 0.220 e. The van der Waals surface area contributed by atoms with Gasteiger partial charge in [0.15, 0.2) is 0 Å². The zero-order valence-corrected chi connectivity index (χ0v) is 12.7. The van der Waals surface area contributed by atoms with Crippen LogP contribution in [0.2, 0.25) is 0 Å². The van der Waals surface area contributed by atoms with Gasteiger partial charge >= 0.3 is 0 Å². The molecular weight excluding hydrogens is 310 g/mol. The highest BCUT2D eigenvalue weighted by molar-refractivity contribution is 9.10. The summed E-state index contributed by atoms with van der Waals surface area (Å²) in [6, 6.07) is 2.03. The Kier molecular flexibility index (Phi) is 3.76. The summed E-state index contributed by atoms with van der Waals surface area (Å²) >= 11 is 5.18. The van der Waals surface area contributed by atoms with E-state index in [0.717, 1.165) is 22.7 Å². The van der Waals surface area contributed by atoms with Crippen LogP contribution in [-0.2, 0) is 11.3 Å². The van der Waals surface area contributed by atoms with Crippen molar-refractivity contribution >= 4 is 33.2 Å². The van der Waals surface area contributed by atoms with E-state index in [1.165, 1.54) is 30.6 Å². The van der Waals surface area contributed by atoms with Crippen molar-refractivity contribution < 1.29 is 4.79 Å². The van der Waals surface area contributed by atoms with Gasteiger partial charge in [-0.3, -0.25) is 4.79 Å². The number of thiophene rings is 1. The fraction of sp³-hybridized carbons (Fsp3) is 0.643. The fourth-order valence-corrected chi connectivity index (χ4v) is 5.00. The van der Waals surface area contributed by atoms with Crippen molar-refractivity contribution in [2.75, 3.05) is 0 Å². The molecule has 0 aliphatic heterocycles. The molecule has 0 radical (unpaired) electrons. The number of halogens is 1. The first-order valence-electron chi connectivity index (χ1n) is 6.71. The molecule has 0 aromatic carbocycles. The SMILES string of the molecule is O=C(CC1CC2CCC1C2)NCc1sccc1Br. The van der Waals surface area contributed by atoms with Crippen LogP contribution in [0.5, 0.6) is 0 Å². The minimum absolute atomic E-state index is 0.229. The number of amides is 1. The number of carbonyl (C=O) groups excluding carboxylic acids is 1. The molecule has 18 heavy (non-hydrogen) atoms. The molecule has 1 amide bonds. The number of rotatable bonds is 4. The van der Waals surface area contributed by atoms with Gasteiger partial charge in [0.1, 0.15) is 0 Å². The highest BCUT2D eigenvalue weighted by Gasteiger charge is 2.39. The van der Waals surface area contributed by atoms with Crippen molar-refractivity contribution in [1.82, 2.24) is 5.32 Å². The Morgan fingerprint density at radius 3 is 2.94 bits per heavy atom. The van der Waals surface area contributed by atoms with Gasteiger partial charge in [-0.25, -0.2) is 0 Å². The molecule has 3 rings (SSSR count). The topological polar surface area (TPSA) is 29.1 Å². The van der Waals surface area contributed by atoms with Crippen molar-refractivity contribution in [3.05, 3.63) is 20.8 Å². The van der Waals surface area contributed by atoms with Gasteiger partial charge in [0, 0.05) is 15.8 Å². The minimum atomic E-state index is 0.229. The summed E-state index contributed by atoms with van der Waals surface area (Å²) in [4.78, 5) is 13.2. The van der Waals surface area contributed by atoms with Crippen LogP contribution in [0.3, 0.4) is 0 Å². The van der Waals surface area contributed by atoms with E-state index in [2.05, 4.69) is 21.2 Å². The summed E-state index contributed by atoms with van der Waals surface area (Å²) in [5, 5.41) is 5.10. The van der Waals surface area contributed by atoms with E-state index in [0.29, 0.717) is 12.5 Å². The first-order chi connectivity index (χ1) is 8.72. The Morgan fingerprint density at radius 1 is 1.44 bits per heavy atom. The van der Waals surface area contributed by atoms with E-state index >= 15 is 0 Å². The Bertz CT molecular complexity index is 445. The zero-order valence-electron chi connectivity index (χ0n) is 10.3. The molecular formula is C14H18BrNOS. The monoisotopic (exact) mass is 327 g/mol. The third-order valence-electron chi connectivity index (χ3n) is 4.47. The molecule has 2 aliphatic carbocycles. The number of nitrogens with one attached hydrogen (secondary N) is 1. The Hall–Kier alpha value is -0.350. The third-order valence-corrected chi connectivity index (χ3v) is 6.40. The molecule has 1 aromatic heterocycles. The van der Waals surface area contributed by atoms with E-state index in [-0.39, 0.29) is 5.91 Å². The van der Waals surface area contributed by atoms with E-state index < -0.39 is 0 Å². The number of hydrogen-bond acceptors (Lipinski definition) is 2. The van der Waals surface area contributed by atoms with Crippen LogP contribution in [0.15, 0.2) is 15.9 Å². The van der Waals surface area contributed by atoms with Crippen molar-refractivity contribution in [2.45, 2.75) is 38.6 Å². The molecule has 4 heteroatoms. The zero-order chi connectivity index (χ0) is 12.5. The molecule has 2 saturated carbocycles. The van der Waals surface area contributed by atoms with E-state index in [9.17, 15) is 4.79 Å². The summed E-state index contributed by atoms with van der Waals surface area (Å²) in [7, 11) is 0. The molecule has 1 N–H and O–H groups in total. The highest BCUT2D eigenvalue weighted by atomic mass is 79.9. The summed E-state index contributed by atoms with van der Waals surface area (Å²) in [5.41, 5.74) is 0. The molecule has 2 aliphatic rings. The van der Waals surface area contributed by atoms with Crippen LogP contribution in [-0.4, -0.2) is 5.91 Å². The minimum Gasteiger partial charge on any atom is -0.351 e. The Balaban J connectivity index is 1.46. The summed E-state index contributed by atoms with van der Waals surface area (Å²) < 4.78 is 1.10. The molecule has 0 saturated heterocycles. The van der Waals surface area contributed by atoms with Gasteiger partial charge in [-0.15, -0.1) is 11.3 Å². The maximum Gasteiger partial charge on any atom is 0.220 e. The summed E-state index contributed by atoms with van der Waals surface area (Å²) in [6.07, 6.45) is 6.18. The lowest BCUT2D eigenvalue weighted by Gasteiger charge is -2.20. The number of carbonyl (C=O) groups is 1. The second-order valence-corrected chi connectivity index (χ2v) is 7.46. The van der Waals surface area contributed by atoms with Crippen molar-refractivity contribution in [3.8, 4) is 0 Å². The normalized spacial score (nSPS) is 29.7. The maximum absolute atomic E-state index is 12.0. The lowest BCUT2D eigenvalue weighted by Crippen LogP contribution is -2.26. The van der Waals surface area contributed by atoms with Gasteiger partial charge in [0.05, 0.1) is 6.54 Å². The lowest BCUT2D eigenvalue weighted by molar-refractivity contribution is -0.122. The summed E-state index contributed by atoms with van der Waals surface area (Å²) in [6.45, 7) is 0.665. The fourth-order valence-electron chi connectivity index (χ4n) is 3.57. The molecule has 2 nitrogen and oxygen atoms in total. The molecule has 0 spiro atoms. The highest BCUT2D eigenvalue weighted by Crippen LogP contribution is 2.49. The molecule has 1 aromatic rings. The standard InChI is InChI=1S/C14H18BrNOS/c15-12-3-4-18-13(12)8-16-14(17)7-11-6-9-1-2-10(11)5-9/h3-4,9-11H,1-2,5-8H2,(H,16,17). The second-order valence-electron chi connectivity index (χ2n) is 5.61. The number of hydrogen-bond donors (Lipinski definition) is 1. The van der Waals surface area contributed by atoms with E-state index in [1.54, 1.807) is 11.3 Å². The van der Waals surface area contributed by atoms with E-state index in [4.69, 9.17) is 0 Å². The average Bonchev–Trinajstić information content (AvgIpc) is 3.03. The van der Waals surface area contributed by atoms with Crippen LogP contribution in [0, 0.1) is 17.8 Å². The van der Waals surface area contributed by atoms with Crippen LogP contribution in [0.1, 0.15) is 37.0 Å². The largest absolute Gasteiger partial charge is 0.351 e. The van der Waals surface area contributed by atoms with Crippen molar-refractivity contribution in [3.63, 3.8) is 0 Å². The molecule has 2 fully saturated rings. The van der Waals surface area contributed by atoms with Crippen LogP contribution < -0.4 is 5.32 Å². The average molecular weight is 328 g/mol. The predicted molar refractivity (Wildman–Crippen MR) is 77.4 cm³/mol. The van der Waals surface area contributed by atoms with Crippen molar-refractivity contribution in [2.24, 2.45) is 17.8 Å². The van der Waals surface area contributed by atoms with Gasteiger partial charge in [-0.1, -0.05) is 6.42 Å². The Morgan fingerprint density at radius 2 is 2.33 bits per heavy atom. The summed E-state index contributed by atoms with van der Waals surface area (Å²) in [5.74, 6) is 2.66. The van der Waals surface area contributed by atoms with Gasteiger partial charge in [-0.2, -0.15) is 0 Å². The molecule has 98 valence electrons. The maximum atomic E-state index is 12.0. The molecule has 3 atom stereocenters.